The second-order valence-electron chi connectivity index (χ2n) is 10.1. The SMILES string of the molecule is C=C1C(=O)[C@](C)(C(=O)OCc2ccccc2)[C@@H](CCN2CCN(C(=O)NCc3ccccc3)CC2)O[C@H]1C. The van der Waals surface area contributed by atoms with Crippen molar-refractivity contribution in [1.29, 1.82) is 0 Å². The maximum Gasteiger partial charge on any atom is 0.322 e. The first-order chi connectivity index (χ1) is 18.3. The molecule has 0 radical (unpaired) electrons. The summed E-state index contributed by atoms with van der Waals surface area (Å²) in [5.74, 6) is -0.913. The number of hydrogen-bond donors (Lipinski definition) is 1. The van der Waals surface area contributed by atoms with Crippen molar-refractivity contribution < 1.29 is 23.9 Å². The Morgan fingerprint density at radius 2 is 1.63 bits per heavy atom. The minimum Gasteiger partial charge on any atom is -0.460 e. The minimum atomic E-state index is -1.46. The van der Waals surface area contributed by atoms with E-state index in [2.05, 4.69) is 16.8 Å². The molecule has 2 fully saturated rings. The first kappa shape index (κ1) is 27.5. The standard InChI is InChI=1S/C30H37N3O5/c1-22-23(2)38-26(30(3,27(22)34)28(35)37-21-25-12-8-5-9-13-25)14-15-32-16-18-33(19-17-32)29(36)31-20-24-10-6-4-7-11-24/h4-13,23,26H,1,14-21H2,2-3H3,(H,31,36)/t23-,26+,30+/m0/s1. The third-order valence-electron chi connectivity index (χ3n) is 7.56. The summed E-state index contributed by atoms with van der Waals surface area (Å²) in [6.07, 6.45) is -0.612. The number of carbonyl (C=O) groups excluding carboxylic acids is 3. The van der Waals surface area contributed by atoms with Crippen molar-refractivity contribution in [1.82, 2.24) is 15.1 Å². The molecule has 1 N–H and O–H groups in total. The molecule has 2 heterocycles. The molecule has 2 aromatic carbocycles. The van der Waals surface area contributed by atoms with Crippen LogP contribution in [0.1, 0.15) is 31.4 Å². The first-order valence-corrected chi connectivity index (χ1v) is 13.2. The second-order valence-corrected chi connectivity index (χ2v) is 10.1. The highest BCUT2D eigenvalue weighted by Crippen LogP contribution is 2.39. The van der Waals surface area contributed by atoms with Gasteiger partial charge in [0.2, 0.25) is 0 Å². The van der Waals surface area contributed by atoms with E-state index in [1.807, 2.05) is 65.6 Å². The molecule has 4 rings (SSSR count). The van der Waals surface area contributed by atoms with Gasteiger partial charge in [-0.2, -0.15) is 0 Å². The predicted molar refractivity (Wildman–Crippen MR) is 144 cm³/mol. The van der Waals surface area contributed by atoms with E-state index in [-0.39, 0.29) is 24.0 Å². The number of esters is 1. The van der Waals surface area contributed by atoms with Crippen LogP contribution in [0.5, 0.6) is 0 Å². The fourth-order valence-electron chi connectivity index (χ4n) is 4.94. The fraction of sp³-hybridized carbons (Fsp3) is 0.433. The lowest BCUT2D eigenvalue weighted by atomic mass is 9.73. The largest absolute Gasteiger partial charge is 0.460 e. The lowest BCUT2D eigenvalue weighted by Crippen LogP contribution is -2.56. The van der Waals surface area contributed by atoms with Gasteiger partial charge in [0.1, 0.15) is 6.61 Å². The Morgan fingerprint density at radius 3 is 2.26 bits per heavy atom. The van der Waals surface area contributed by atoms with Crippen LogP contribution in [0.3, 0.4) is 0 Å². The number of ketones is 1. The highest BCUT2D eigenvalue weighted by atomic mass is 16.5. The summed E-state index contributed by atoms with van der Waals surface area (Å²) in [6.45, 7) is 11.1. The number of Topliss-reactive ketones (excluding diaryl/α,β-unsaturated/α-hetero) is 1. The third-order valence-corrected chi connectivity index (χ3v) is 7.56. The van der Waals surface area contributed by atoms with Gasteiger partial charge in [0.25, 0.3) is 0 Å². The van der Waals surface area contributed by atoms with E-state index in [0.717, 1.165) is 11.1 Å². The zero-order valence-corrected chi connectivity index (χ0v) is 22.2. The summed E-state index contributed by atoms with van der Waals surface area (Å²) in [5.41, 5.74) is 0.736. The highest BCUT2D eigenvalue weighted by molar-refractivity contribution is 6.13. The van der Waals surface area contributed by atoms with E-state index in [4.69, 9.17) is 9.47 Å². The van der Waals surface area contributed by atoms with Gasteiger partial charge in [0.05, 0.1) is 12.2 Å². The van der Waals surface area contributed by atoms with Crippen molar-refractivity contribution in [2.75, 3.05) is 32.7 Å². The smallest absolute Gasteiger partial charge is 0.322 e. The topological polar surface area (TPSA) is 88.2 Å². The number of benzene rings is 2. The molecule has 38 heavy (non-hydrogen) atoms. The van der Waals surface area contributed by atoms with Crippen LogP contribution < -0.4 is 5.32 Å². The molecule has 2 amide bonds. The molecule has 0 unspecified atom stereocenters. The molecule has 2 aliphatic heterocycles. The molecule has 8 heteroatoms. The molecule has 2 aliphatic rings. The normalized spacial score (nSPS) is 24.2. The summed E-state index contributed by atoms with van der Waals surface area (Å²) in [4.78, 5) is 43.2. The molecule has 3 atom stereocenters. The number of nitrogens with one attached hydrogen (secondary N) is 1. The predicted octanol–water partition coefficient (Wildman–Crippen LogP) is 3.57. The van der Waals surface area contributed by atoms with E-state index in [0.29, 0.717) is 45.7 Å². The molecule has 0 bridgehead atoms. The third kappa shape index (κ3) is 6.31. The summed E-state index contributed by atoms with van der Waals surface area (Å²) >= 11 is 0. The molecular weight excluding hydrogens is 482 g/mol. The van der Waals surface area contributed by atoms with Gasteiger partial charge in [-0.25, -0.2) is 4.79 Å². The maximum atomic E-state index is 13.3. The Kier molecular flexibility index (Phi) is 8.97. The molecule has 0 aromatic heterocycles. The Morgan fingerprint density at radius 1 is 1.03 bits per heavy atom. The quantitative estimate of drug-likeness (QED) is 0.326. The molecular formula is C30H37N3O5. The summed E-state index contributed by atoms with van der Waals surface area (Å²) in [7, 11) is 0. The molecule has 0 aliphatic carbocycles. The van der Waals surface area contributed by atoms with Crippen molar-refractivity contribution in [2.24, 2.45) is 5.41 Å². The number of carbonyl (C=O) groups is 3. The van der Waals surface area contributed by atoms with Crippen LogP contribution in [0.4, 0.5) is 4.79 Å². The van der Waals surface area contributed by atoms with E-state index in [1.54, 1.807) is 13.8 Å². The van der Waals surface area contributed by atoms with Gasteiger partial charge in [-0.1, -0.05) is 67.2 Å². The van der Waals surface area contributed by atoms with E-state index >= 15 is 0 Å². The van der Waals surface area contributed by atoms with Crippen LogP contribution >= 0.6 is 0 Å². The van der Waals surface area contributed by atoms with Crippen molar-refractivity contribution in [3.63, 3.8) is 0 Å². The fourth-order valence-corrected chi connectivity index (χ4v) is 4.94. The van der Waals surface area contributed by atoms with Crippen molar-refractivity contribution in [2.45, 2.75) is 45.6 Å². The van der Waals surface area contributed by atoms with Gasteiger partial charge in [0.15, 0.2) is 11.2 Å². The van der Waals surface area contributed by atoms with Gasteiger partial charge in [0, 0.05) is 44.8 Å². The van der Waals surface area contributed by atoms with Crippen LogP contribution in [0.25, 0.3) is 0 Å². The first-order valence-electron chi connectivity index (χ1n) is 13.2. The Hall–Kier alpha value is -3.49. The average Bonchev–Trinajstić information content (AvgIpc) is 2.96. The van der Waals surface area contributed by atoms with Crippen LogP contribution in [0.15, 0.2) is 72.8 Å². The van der Waals surface area contributed by atoms with Gasteiger partial charge in [-0.15, -0.1) is 0 Å². The van der Waals surface area contributed by atoms with E-state index in [1.165, 1.54) is 0 Å². The number of ether oxygens (including phenoxy) is 2. The van der Waals surface area contributed by atoms with Gasteiger partial charge < -0.3 is 19.7 Å². The number of hydrogen-bond acceptors (Lipinski definition) is 6. The summed E-state index contributed by atoms with van der Waals surface area (Å²) in [6, 6.07) is 19.1. The zero-order chi connectivity index (χ0) is 27.1. The molecule has 0 saturated carbocycles. The van der Waals surface area contributed by atoms with E-state index in [9.17, 15) is 14.4 Å². The lowest BCUT2D eigenvalue weighted by Gasteiger charge is -2.42. The van der Waals surface area contributed by atoms with Crippen LogP contribution in [0, 0.1) is 5.41 Å². The lowest BCUT2D eigenvalue weighted by molar-refractivity contribution is -0.178. The van der Waals surface area contributed by atoms with Gasteiger partial charge >= 0.3 is 12.0 Å². The number of rotatable bonds is 8. The summed E-state index contributed by atoms with van der Waals surface area (Å²) in [5, 5.41) is 2.98. The van der Waals surface area contributed by atoms with Gasteiger partial charge in [-0.3, -0.25) is 14.5 Å². The monoisotopic (exact) mass is 519 g/mol. The van der Waals surface area contributed by atoms with Crippen LogP contribution in [-0.4, -0.2) is 72.5 Å². The Bertz CT molecular complexity index is 1130. The number of urea groups is 1. The Balaban J connectivity index is 1.30. The Labute approximate surface area is 224 Å². The van der Waals surface area contributed by atoms with Crippen LogP contribution in [0.2, 0.25) is 0 Å². The zero-order valence-electron chi connectivity index (χ0n) is 22.2. The molecule has 2 aromatic rings. The van der Waals surface area contributed by atoms with Gasteiger partial charge in [-0.05, 0) is 31.4 Å². The van der Waals surface area contributed by atoms with Crippen molar-refractivity contribution >= 4 is 17.8 Å². The van der Waals surface area contributed by atoms with Crippen molar-refractivity contribution in [3.05, 3.63) is 83.9 Å². The highest BCUT2D eigenvalue weighted by Gasteiger charge is 2.55. The second kappa shape index (κ2) is 12.4. The van der Waals surface area contributed by atoms with Crippen LogP contribution in [-0.2, 0) is 32.2 Å². The van der Waals surface area contributed by atoms with E-state index < -0.39 is 23.6 Å². The molecule has 8 nitrogen and oxygen atoms in total. The molecule has 202 valence electrons. The average molecular weight is 520 g/mol. The molecule has 0 spiro atoms. The minimum absolute atomic E-state index is 0.0733. The number of amides is 2. The number of nitrogens with zero attached hydrogens (tertiary/aromatic N) is 2. The van der Waals surface area contributed by atoms with Crippen molar-refractivity contribution in [3.8, 4) is 0 Å². The number of piperazine rings is 1. The maximum absolute atomic E-state index is 13.3. The molecule has 2 saturated heterocycles. The summed E-state index contributed by atoms with van der Waals surface area (Å²) < 4.78 is 11.8.